The number of hydrogen-bond donors (Lipinski definition) is 0. The van der Waals surface area contributed by atoms with Crippen molar-refractivity contribution in [3.05, 3.63) is 21.9 Å². The SMILES string of the molecule is O=Cc1sccc1COC1CCCCO1. The summed E-state index contributed by atoms with van der Waals surface area (Å²) in [7, 11) is 0. The average molecular weight is 226 g/mol. The lowest BCUT2D eigenvalue weighted by Gasteiger charge is -2.22. The molecule has 0 aromatic carbocycles. The van der Waals surface area contributed by atoms with Crippen LogP contribution in [0.1, 0.15) is 34.5 Å². The van der Waals surface area contributed by atoms with Gasteiger partial charge in [0, 0.05) is 6.61 Å². The number of ether oxygens (including phenoxy) is 2. The van der Waals surface area contributed by atoms with Crippen LogP contribution < -0.4 is 0 Å². The largest absolute Gasteiger partial charge is 0.353 e. The maximum atomic E-state index is 10.7. The van der Waals surface area contributed by atoms with Crippen LogP contribution in [0.15, 0.2) is 11.4 Å². The minimum absolute atomic E-state index is 0.0850. The van der Waals surface area contributed by atoms with Crippen LogP contribution in [0.3, 0.4) is 0 Å². The van der Waals surface area contributed by atoms with E-state index in [0.717, 1.165) is 42.6 Å². The fourth-order valence-electron chi connectivity index (χ4n) is 1.60. The van der Waals surface area contributed by atoms with Gasteiger partial charge in [-0.2, -0.15) is 0 Å². The summed E-state index contributed by atoms with van der Waals surface area (Å²) in [5.41, 5.74) is 0.962. The van der Waals surface area contributed by atoms with Crippen molar-refractivity contribution in [2.75, 3.05) is 6.61 Å². The molecule has 0 amide bonds. The van der Waals surface area contributed by atoms with Gasteiger partial charge in [0.05, 0.1) is 11.5 Å². The number of hydrogen-bond acceptors (Lipinski definition) is 4. The molecule has 0 saturated carbocycles. The van der Waals surface area contributed by atoms with E-state index in [9.17, 15) is 4.79 Å². The van der Waals surface area contributed by atoms with Gasteiger partial charge in [-0.25, -0.2) is 0 Å². The number of carbonyl (C=O) groups is 1. The zero-order chi connectivity index (χ0) is 10.5. The number of carbonyl (C=O) groups excluding carboxylic acids is 1. The second-order valence-electron chi connectivity index (χ2n) is 3.54. The first-order chi connectivity index (χ1) is 7.40. The van der Waals surface area contributed by atoms with Crippen LogP contribution in [0.25, 0.3) is 0 Å². The summed E-state index contributed by atoms with van der Waals surface area (Å²) in [6, 6.07) is 1.93. The van der Waals surface area contributed by atoms with Crippen LogP contribution in [0.5, 0.6) is 0 Å². The van der Waals surface area contributed by atoms with E-state index >= 15 is 0 Å². The molecule has 3 nitrogen and oxygen atoms in total. The molecule has 2 rings (SSSR count). The summed E-state index contributed by atoms with van der Waals surface area (Å²) in [6.07, 6.45) is 4.04. The summed E-state index contributed by atoms with van der Waals surface area (Å²) in [5, 5.41) is 1.91. The molecule has 1 aromatic rings. The van der Waals surface area contributed by atoms with Crippen molar-refractivity contribution < 1.29 is 14.3 Å². The maximum absolute atomic E-state index is 10.7. The summed E-state index contributed by atoms with van der Waals surface area (Å²) in [4.78, 5) is 11.4. The molecule has 0 radical (unpaired) electrons. The van der Waals surface area contributed by atoms with Gasteiger partial charge >= 0.3 is 0 Å². The molecule has 15 heavy (non-hydrogen) atoms. The highest BCUT2D eigenvalue weighted by molar-refractivity contribution is 7.11. The first-order valence-electron chi connectivity index (χ1n) is 5.15. The van der Waals surface area contributed by atoms with Crippen molar-refractivity contribution in [2.45, 2.75) is 32.2 Å². The molecule has 0 N–H and O–H groups in total. The second kappa shape index (κ2) is 5.39. The van der Waals surface area contributed by atoms with E-state index in [2.05, 4.69) is 0 Å². The smallest absolute Gasteiger partial charge is 0.160 e. The highest BCUT2D eigenvalue weighted by Crippen LogP contribution is 2.19. The van der Waals surface area contributed by atoms with Gasteiger partial charge in [-0.3, -0.25) is 4.79 Å². The fourth-order valence-corrected chi connectivity index (χ4v) is 2.31. The lowest BCUT2D eigenvalue weighted by atomic mass is 10.2. The molecule has 0 bridgehead atoms. The zero-order valence-corrected chi connectivity index (χ0v) is 9.29. The molecule has 82 valence electrons. The number of thiophene rings is 1. The Hall–Kier alpha value is -0.710. The molecule has 0 spiro atoms. The Labute approximate surface area is 93.0 Å². The molecule has 2 heterocycles. The van der Waals surface area contributed by atoms with E-state index < -0.39 is 0 Å². The zero-order valence-electron chi connectivity index (χ0n) is 8.48. The Kier molecular flexibility index (Phi) is 3.88. The van der Waals surface area contributed by atoms with Crippen LogP contribution >= 0.6 is 11.3 Å². The van der Waals surface area contributed by atoms with E-state index in [-0.39, 0.29) is 6.29 Å². The van der Waals surface area contributed by atoms with Crippen molar-refractivity contribution in [1.29, 1.82) is 0 Å². The van der Waals surface area contributed by atoms with Gasteiger partial charge in [-0.1, -0.05) is 0 Å². The highest BCUT2D eigenvalue weighted by atomic mass is 32.1. The van der Waals surface area contributed by atoms with Gasteiger partial charge in [-0.05, 0) is 36.3 Å². The molecular weight excluding hydrogens is 212 g/mol. The summed E-state index contributed by atoms with van der Waals surface area (Å²) in [5.74, 6) is 0. The summed E-state index contributed by atoms with van der Waals surface area (Å²) in [6.45, 7) is 1.26. The van der Waals surface area contributed by atoms with Gasteiger partial charge < -0.3 is 9.47 Å². The molecule has 4 heteroatoms. The van der Waals surface area contributed by atoms with E-state index in [4.69, 9.17) is 9.47 Å². The van der Waals surface area contributed by atoms with Gasteiger partial charge in [0.1, 0.15) is 0 Å². The molecule has 0 aliphatic carbocycles. The Balaban J connectivity index is 1.84. The first-order valence-corrected chi connectivity index (χ1v) is 6.03. The van der Waals surface area contributed by atoms with Gasteiger partial charge in [0.2, 0.25) is 0 Å². The fraction of sp³-hybridized carbons (Fsp3) is 0.545. The van der Waals surface area contributed by atoms with E-state index in [1.54, 1.807) is 0 Å². The first kappa shape index (κ1) is 10.8. The molecule has 1 saturated heterocycles. The van der Waals surface area contributed by atoms with E-state index in [0.29, 0.717) is 6.61 Å². The van der Waals surface area contributed by atoms with Crippen LogP contribution in [0.4, 0.5) is 0 Å². The average Bonchev–Trinajstić information content (AvgIpc) is 2.75. The standard InChI is InChI=1S/C11H14O3S/c12-7-10-9(4-6-15-10)8-14-11-3-1-2-5-13-11/h4,6-7,11H,1-3,5,8H2. The van der Waals surface area contributed by atoms with Crippen molar-refractivity contribution in [2.24, 2.45) is 0 Å². The van der Waals surface area contributed by atoms with Crippen molar-refractivity contribution in [1.82, 2.24) is 0 Å². The highest BCUT2D eigenvalue weighted by Gasteiger charge is 2.14. The number of rotatable bonds is 4. The molecule has 1 aliphatic heterocycles. The minimum atomic E-state index is -0.0850. The molecule has 1 aromatic heterocycles. The normalized spacial score (nSPS) is 21.5. The van der Waals surface area contributed by atoms with Crippen molar-refractivity contribution >= 4 is 17.6 Å². The minimum Gasteiger partial charge on any atom is -0.353 e. The molecule has 1 unspecified atom stereocenters. The number of aldehydes is 1. The Morgan fingerprint density at radius 2 is 2.53 bits per heavy atom. The molecular formula is C11H14O3S. The quantitative estimate of drug-likeness (QED) is 0.740. The Bertz CT molecular complexity index is 315. The molecule has 1 fully saturated rings. The third-order valence-electron chi connectivity index (χ3n) is 2.45. The Morgan fingerprint density at radius 1 is 1.60 bits per heavy atom. The lowest BCUT2D eigenvalue weighted by Crippen LogP contribution is -2.22. The van der Waals surface area contributed by atoms with Gasteiger partial charge in [0.25, 0.3) is 0 Å². The maximum Gasteiger partial charge on any atom is 0.160 e. The summed E-state index contributed by atoms with van der Waals surface area (Å²) >= 11 is 1.45. The van der Waals surface area contributed by atoms with Crippen molar-refractivity contribution in [3.63, 3.8) is 0 Å². The van der Waals surface area contributed by atoms with Crippen molar-refractivity contribution in [3.8, 4) is 0 Å². The topological polar surface area (TPSA) is 35.5 Å². The monoisotopic (exact) mass is 226 g/mol. The summed E-state index contributed by atoms with van der Waals surface area (Å²) < 4.78 is 11.0. The molecule has 1 aliphatic rings. The Morgan fingerprint density at radius 3 is 3.27 bits per heavy atom. The predicted molar refractivity (Wildman–Crippen MR) is 58.1 cm³/mol. The van der Waals surface area contributed by atoms with E-state index in [1.807, 2.05) is 11.4 Å². The molecule has 1 atom stereocenters. The van der Waals surface area contributed by atoms with Crippen LogP contribution in [-0.2, 0) is 16.1 Å². The van der Waals surface area contributed by atoms with E-state index in [1.165, 1.54) is 11.3 Å². The lowest BCUT2D eigenvalue weighted by molar-refractivity contribution is -0.168. The predicted octanol–water partition coefficient (Wildman–Crippen LogP) is 2.60. The van der Waals surface area contributed by atoms with Gasteiger partial charge in [-0.15, -0.1) is 11.3 Å². The van der Waals surface area contributed by atoms with Crippen LogP contribution in [-0.4, -0.2) is 19.2 Å². The van der Waals surface area contributed by atoms with Crippen LogP contribution in [0, 0.1) is 0 Å². The third kappa shape index (κ3) is 2.87. The van der Waals surface area contributed by atoms with Gasteiger partial charge in [0.15, 0.2) is 12.6 Å². The third-order valence-corrected chi connectivity index (χ3v) is 3.33. The van der Waals surface area contributed by atoms with Crippen LogP contribution in [0.2, 0.25) is 0 Å². The second-order valence-corrected chi connectivity index (χ2v) is 4.48.